The molecular formula is C15H16F3N5O4. The van der Waals surface area contributed by atoms with Crippen molar-refractivity contribution in [2.45, 2.75) is 38.0 Å². The van der Waals surface area contributed by atoms with Gasteiger partial charge in [-0.1, -0.05) is 0 Å². The van der Waals surface area contributed by atoms with Gasteiger partial charge in [-0.15, -0.1) is 13.2 Å². The maximum Gasteiger partial charge on any atom is 0.522 e. The van der Waals surface area contributed by atoms with Crippen molar-refractivity contribution in [1.29, 1.82) is 0 Å². The lowest BCUT2D eigenvalue weighted by Crippen LogP contribution is -2.49. The summed E-state index contributed by atoms with van der Waals surface area (Å²) in [5.41, 5.74) is 5.77. The number of alkyl halides is 3. The van der Waals surface area contributed by atoms with Crippen LogP contribution in [-0.2, 0) is 16.1 Å². The van der Waals surface area contributed by atoms with Crippen LogP contribution in [0.1, 0.15) is 39.4 Å². The van der Waals surface area contributed by atoms with E-state index in [9.17, 15) is 22.8 Å². The number of hydrogen-bond acceptors (Lipinski definition) is 6. The van der Waals surface area contributed by atoms with E-state index in [0.29, 0.717) is 0 Å². The highest BCUT2D eigenvalue weighted by Gasteiger charge is 2.40. The molecule has 0 unspecified atom stereocenters. The molecule has 2 aromatic rings. The van der Waals surface area contributed by atoms with E-state index in [4.69, 9.17) is 10.5 Å². The molecule has 2 heterocycles. The van der Waals surface area contributed by atoms with Crippen LogP contribution in [0, 0.1) is 0 Å². The fraction of sp³-hybridized carbons (Fsp3) is 0.467. The molecule has 2 aromatic heterocycles. The van der Waals surface area contributed by atoms with Crippen molar-refractivity contribution in [3.05, 3.63) is 29.2 Å². The zero-order valence-electron chi connectivity index (χ0n) is 14.1. The largest absolute Gasteiger partial charge is 0.522 e. The predicted octanol–water partition coefficient (Wildman–Crippen LogP) is 0.772. The van der Waals surface area contributed by atoms with Gasteiger partial charge in [0.15, 0.2) is 11.3 Å². The summed E-state index contributed by atoms with van der Waals surface area (Å²) in [5.74, 6) is -1.34. The van der Waals surface area contributed by atoms with Gasteiger partial charge in [-0.05, 0) is 18.9 Å². The standard InChI is InChI=1S/C15H16F3N5O4/c1-26-6-10-11(12(19)24)23-13(22-10)9(2-3-20-23)14(25)21-7-4-8(5-7)27-15(16,17)18/h2-3,7-8H,4-6H2,1H3,(H2,19,24)(H,21,25). The van der Waals surface area contributed by atoms with Crippen LogP contribution in [0.25, 0.3) is 5.65 Å². The number of imidazole rings is 1. The molecule has 1 saturated carbocycles. The molecule has 27 heavy (non-hydrogen) atoms. The van der Waals surface area contributed by atoms with Crippen LogP contribution in [-0.4, -0.2) is 52.0 Å². The normalized spacial score (nSPS) is 19.7. The first-order valence-corrected chi connectivity index (χ1v) is 7.90. The van der Waals surface area contributed by atoms with Crippen LogP contribution in [0.15, 0.2) is 12.3 Å². The number of nitrogens with zero attached hydrogens (tertiary/aromatic N) is 3. The average molecular weight is 387 g/mol. The van der Waals surface area contributed by atoms with Crippen molar-refractivity contribution in [2.75, 3.05) is 7.11 Å². The number of carbonyl (C=O) groups excluding carboxylic acids is 2. The highest BCUT2D eigenvalue weighted by molar-refractivity contribution is 6.01. The molecule has 0 atom stereocenters. The summed E-state index contributed by atoms with van der Waals surface area (Å²) in [4.78, 5) is 28.4. The number of carbonyl (C=O) groups is 2. The predicted molar refractivity (Wildman–Crippen MR) is 83.6 cm³/mol. The van der Waals surface area contributed by atoms with E-state index in [2.05, 4.69) is 20.1 Å². The Labute approximate surface area is 150 Å². The first-order valence-electron chi connectivity index (χ1n) is 7.90. The molecule has 1 aliphatic carbocycles. The third-order valence-corrected chi connectivity index (χ3v) is 4.08. The first kappa shape index (κ1) is 19.0. The minimum absolute atomic E-state index is 0.0104. The van der Waals surface area contributed by atoms with Crippen molar-refractivity contribution in [3.8, 4) is 0 Å². The zero-order chi connectivity index (χ0) is 19.8. The van der Waals surface area contributed by atoms with E-state index in [1.807, 2.05) is 0 Å². The maximum atomic E-state index is 12.5. The Kier molecular flexibility index (Phi) is 5.02. The number of hydrogen-bond donors (Lipinski definition) is 2. The van der Waals surface area contributed by atoms with Crippen LogP contribution < -0.4 is 11.1 Å². The smallest absolute Gasteiger partial charge is 0.378 e. The van der Waals surface area contributed by atoms with Crippen molar-refractivity contribution in [2.24, 2.45) is 5.73 Å². The number of nitrogens with two attached hydrogens (primary N) is 1. The third kappa shape index (κ3) is 4.01. The molecule has 0 radical (unpaired) electrons. The molecular weight excluding hydrogens is 371 g/mol. The Bertz CT molecular complexity index is 876. The van der Waals surface area contributed by atoms with Gasteiger partial charge < -0.3 is 15.8 Å². The number of halogens is 3. The van der Waals surface area contributed by atoms with Crippen molar-refractivity contribution in [1.82, 2.24) is 19.9 Å². The van der Waals surface area contributed by atoms with Gasteiger partial charge in [0.05, 0.1) is 18.3 Å². The van der Waals surface area contributed by atoms with E-state index in [1.54, 1.807) is 0 Å². The minimum Gasteiger partial charge on any atom is -0.378 e. The Morgan fingerprint density at radius 1 is 1.41 bits per heavy atom. The Balaban J connectivity index is 1.78. The van der Waals surface area contributed by atoms with Crippen molar-refractivity contribution < 1.29 is 32.2 Å². The second-order valence-corrected chi connectivity index (χ2v) is 6.01. The van der Waals surface area contributed by atoms with Gasteiger partial charge in [-0.25, -0.2) is 9.50 Å². The molecule has 0 spiro atoms. The molecule has 3 N–H and O–H groups in total. The number of methoxy groups -OCH3 is 1. The molecule has 0 aliphatic heterocycles. The number of primary amides is 1. The van der Waals surface area contributed by atoms with E-state index < -0.39 is 30.3 Å². The Morgan fingerprint density at radius 3 is 2.70 bits per heavy atom. The lowest BCUT2D eigenvalue weighted by atomic mass is 9.89. The number of aromatic nitrogens is 3. The molecule has 9 nitrogen and oxygen atoms in total. The second kappa shape index (κ2) is 7.12. The first-order chi connectivity index (χ1) is 12.7. The number of amides is 2. The van der Waals surface area contributed by atoms with Gasteiger partial charge in [0.25, 0.3) is 11.8 Å². The number of fused-ring (bicyclic) bond motifs is 1. The van der Waals surface area contributed by atoms with Crippen molar-refractivity contribution in [3.63, 3.8) is 0 Å². The Morgan fingerprint density at radius 2 is 2.11 bits per heavy atom. The number of ether oxygens (including phenoxy) is 2. The van der Waals surface area contributed by atoms with E-state index >= 15 is 0 Å². The van der Waals surface area contributed by atoms with Crippen LogP contribution in [0.4, 0.5) is 13.2 Å². The summed E-state index contributed by atoms with van der Waals surface area (Å²) in [7, 11) is 1.41. The summed E-state index contributed by atoms with van der Waals surface area (Å²) in [6, 6.07) is 0.934. The van der Waals surface area contributed by atoms with E-state index in [1.165, 1.54) is 19.4 Å². The van der Waals surface area contributed by atoms with Gasteiger partial charge in [0.1, 0.15) is 5.69 Å². The van der Waals surface area contributed by atoms with Gasteiger partial charge in [-0.2, -0.15) is 5.10 Å². The molecule has 1 fully saturated rings. The van der Waals surface area contributed by atoms with Gasteiger partial charge in [0, 0.05) is 19.3 Å². The molecule has 12 heteroatoms. The minimum atomic E-state index is -4.70. The SMILES string of the molecule is COCc1nc2c(C(=O)NC3CC(OC(F)(F)F)C3)ccnn2c1C(N)=O. The molecule has 0 aromatic carbocycles. The molecule has 146 valence electrons. The zero-order valence-corrected chi connectivity index (χ0v) is 14.1. The molecule has 1 aliphatic rings. The van der Waals surface area contributed by atoms with Crippen molar-refractivity contribution >= 4 is 17.5 Å². The lowest BCUT2D eigenvalue weighted by Gasteiger charge is -2.35. The van der Waals surface area contributed by atoms with Gasteiger partial charge in [-0.3, -0.25) is 14.3 Å². The fourth-order valence-corrected chi connectivity index (χ4v) is 2.89. The molecule has 0 bridgehead atoms. The fourth-order valence-electron chi connectivity index (χ4n) is 2.89. The average Bonchev–Trinajstić information content (AvgIpc) is 2.89. The summed E-state index contributed by atoms with van der Waals surface area (Å²) in [6.07, 6.45) is -4.29. The maximum absolute atomic E-state index is 12.5. The summed E-state index contributed by atoms with van der Waals surface area (Å²) in [5, 5.41) is 6.60. The topological polar surface area (TPSA) is 121 Å². The monoisotopic (exact) mass is 387 g/mol. The van der Waals surface area contributed by atoms with Crippen LogP contribution in [0.3, 0.4) is 0 Å². The quantitative estimate of drug-likeness (QED) is 0.755. The summed E-state index contributed by atoms with van der Waals surface area (Å²) in [6.45, 7) is -0.0121. The van der Waals surface area contributed by atoms with E-state index in [-0.39, 0.29) is 42.0 Å². The highest BCUT2D eigenvalue weighted by Crippen LogP contribution is 2.30. The Hall–Kier alpha value is -2.73. The summed E-state index contributed by atoms with van der Waals surface area (Å²) >= 11 is 0. The summed E-state index contributed by atoms with van der Waals surface area (Å²) < 4.78 is 46.5. The number of rotatable bonds is 6. The van der Waals surface area contributed by atoms with Gasteiger partial charge >= 0.3 is 6.36 Å². The van der Waals surface area contributed by atoms with E-state index in [0.717, 1.165) is 4.52 Å². The highest BCUT2D eigenvalue weighted by atomic mass is 19.4. The van der Waals surface area contributed by atoms with Crippen LogP contribution in [0.2, 0.25) is 0 Å². The molecule has 0 saturated heterocycles. The number of nitrogens with one attached hydrogen (secondary N) is 1. The van der Waals surface area contributed by atoms with Crippen LogP contribution in [0.5, 0.6) is 0 Å². The molecule has 3 rings (SSSR count). The van der Waals surface area contributed by atoms with Gasteiger partial charge in [0.2, 0.25) is 0 Å². The molecule has 2 amide bonds. The van der Waals surface area contributed by atoms with Crippen LogP contribution >= 0.6 is 0 Å². The third-order valence-electron chi connectivity index (χ3n) is 4.08. The second-order valence-electron chi connectivity index (χ2n) is 6.01. The lowest BCUT2D eigenvalue weighted by molar-refractivity contribution is -0.351.